The van der Waals surface area contributed by atoms with Crippen LogP contribution in [-0.2, 0) is 5.75 Å². The lowest BCUT2D eigenvalue weighted by atomic mass is 10.2. The van der Waals surface area contributed by atoms with E-state index in [2.05, 4.69) is 15.1 Å². The molecule has 2 heterocycles. The van der Waals surface area contributed by atoms with Gasteiger partial charge in [0.25, 0.3) is 11.3 Å². The highest BCUT2D eigenvalue weighted by molar-refractivity contribution is 7.99. The number of thioether (sulfide) groups is 2. The van der Waals surface area contributed by atoms with Crippen LogP contribution in [0.25, 0.3) is 16.7 Å². The Hall–Kier alpha value is -2.85. The van der Waals surface area contributed by atoms with Crippen LogP contribution in [0.3, 0.4) is 0 Å². The highest BCUT2D eigenvalue weighted by atomic mass is 32.2. The van der Waals surface area contributed by atoms with Gasteiger partial charge in [0.1, 0.15) is 11.1 Å². The molecule has 2 aromatic carbocycles. The molecule has 0 radical (unpaired) electrons. The first-order valence-electron chi connectivity index (χ1n) is 8.83. The van der Waals surface area contributed by atoms with E-state index in [1.807, 2.05) is 30.3 Å². The fourth-order valence-electron chi connectivity index (χ4n) is 2.87. The molecule has 1 N–H and O–H groups in total. The van der Waals surface area contributed by atoms with Crippen molar-refractivity contribution < 1.29 is 13.5 Å². The summed E-state index contributed by atoms with van der Waals surface area (Å²) in [7, 11) is 1.44. The Morgan fingerprint density at radius 3 is 2.73 bits per heavy atom. The van der Waals surface area contributed by atoms with E-state index < -0.39 is 5.76 Å². The SMILES string of the molecule is COc1cc(CSc2nc3c(cnn3-c3ccccc3)c(=O)[nH]2)ccc1SC(F)F. The maximum atomic E-state index is 12.7. The average molecular weight is 447 g/mol. The number of ether oxygens (including phenoxy) is 1. The molecule has 0 unspecified atom stereocenters. The monoisotopic (exact) mass is 446 g/mol. The van der Waals surface area contributed by atoms with Gasteiger partial charge in [0.05, 0.1) is 23.9 Å². The molecule has 4 rings (SSSR count). The lowest BCUT2D eigenvalue weighted by molar-refractivity contribution is 0.251. The van der Waals surface area contributed by atoms with E-state index in [4.69, 9.17) is 4.74 Å². The number of aromatic amines is 1. The summed E-state index contributed by atoms with van der Waals surface area (Å²) in [6.07, 6.45) is 1.49. The third-order valence-electron chi connectivity index (χ3n) is 4.24. The van der Waals surface area contributed by atoms with Crippen molar-refractivity contribution in [2.75, 3.05) is 7.11 Å². The third-order valence-corrected chi connectivity index (χ3v) is 5.95. The molecule has 0 aliphatic heterocycles. The Morgan fingerprint density at radius 2 is 2.00 bits per heavy atom. The molecular weight excluding hydrogens is 430 g/mol. The molecule has 0 aliphatic carbocycles. The maximum Gasteiger partial charge on any atom is 0.289 e. The molecule has 10 heteroatoms. The van der Waals surface area contributed by atoms with Crippen molar-refractivity contribution in [3.63, 3.8) is 0 Å². The Balaban J connectivity index is 1.60. The molecule has 0 atom stereocenters. The number of halogens is 2. The number of alkyl halides is 2. The Morgan fingerprint density at radius 1 is 1.20 bits per heavy atom. The molecular formula is C20H16F2N4O2S2. The van der Waals surface area contributed by atoms with Gasteiger partial charge in [-0.15, -0.1) is 0 Å². The zero-order valence-corrected chi connectivity index (χ0v) is 17.3. The number of aromatic nitrogens is 4. The number of hydrogen-bond acceptors (Lipinski definition) is 6. The van der Waals surface area contributed by atoms with E-state index in [0.29, 0.717) is 44.3 Å². The maximum absolute atomic E-state index is 12.7. The topological polar surface area (TPSA) is 72.8 Å². The van der Waals surface area contributed by atoms with Crippen molar-refractivity contribution in [2.45, 2.75) is 21.6 Å². The number of nitrogens with one attached hydrogen (secondary N) is 1. The van der Waals surface area contributed by atoms with E-state index in [9.17, 15) is 13.6 Å². The Labute approximate surface area is 178 Å². The fraction of sp³-hybridized carbons (Fsp3) is 0.150. The zero-order valence-electron chi connectivity index (χ0n) is 15.7. The van der Waals surface area contributed by atoms with Crippen LogP contribution in [0.1, 0.15) is 5.56 Å². The number of para-hydroxylation sites is 1. The van der Waals surface area contributed by atoms with Gasteiger partial charge in [-0.2, -0.15) is 13.9 Å². The second kappa shape index (κ2) is 8.88. The van der Waals surface area contributed by atoms with Crippen molar-refractivity contribution in [1.29, 1.82) is 0 Å². The molecule has 30 heavy (non-hydrogen) atoms. The predicted octanol–water partition coefficient (Wildman–Crippen LogP) is 4.72. The minimum atomic E-state index is -2.52. The van der Waals surface area contributed by atoms with Gasteiger partial charge < -0.3 is 9.72 Å². The van der Waals surface area contributed by atoms with E-state index in [0.717, 1.165) is 11.3 Å². The van der Waals surface area contributed by atoms with Gasteiger partial charge in [0, 0.05) is 5.75 Å². The standard InChI is InChI=1S/C20H16F2N4O2S2/c1-28-15-9-12(7-8-16(15)30-19(21)22)11-29-20-24-17-14(18(27)25-20)10-23-26(17)13-5-3-2-4-6-13/h2-10,19H,11H2,1H3,(H,24,25,27). The van der Waals surface area contributed by atoms with Crippen molar-refractivity contribution in [2.24, 2.45) is 0 Å². The van der Waals surface area contributed by atoms with E-state index in [1.165, 1.54) is 25.1 Å². The number of methoxy groups -OCH3 is 1. The summed E-state index contributed by atoms with van der Waals surface area (Å²) in [6, 6.07) is 14.5. The quantitative estimate of drug-likeness (QED) is 0.327. The van der Waals surface area contributed by atoms with Crippen molar-refractivity contribution in [3.05, 3.63) is 70.6 Å². The van der Waals surface area contributed by atoms with Gasteiger partial charge in [-0.3, -0.25) is 4.79 Å². The largest absolute Gasteiger partial charge is 0.496 e. The van der Waals surface area contributed by atoms with E-state index in [1.54, 1.807) is 22.9 Å². The molecule has 6 nitrogen and oxygen atoms in total. The predicted molar refractivity (Wildman–Crippen MR) is 114 cm³/mol. The molecule has 0 saturated carbocycles. The van der Waals surface area contributed by atoms with Gasteiger partial charge in [0.15, 0.2) is 10.8 Å². The summed E-state index contributed by atoms with van der Waals surface area (Å²) >= 11 is 1.77. The van der Waals surface area contributed by atoms with Crippen LogP contribution < -0.4 is 10.3 Å². The lowest BCUT2D eigenvalue weighted by Crippen LogP contribution is -2.09. The summed E-state index contributed by atoms with van der Waals surface area (Å²) in [4.78, 5) is 20.1. The smallest absolute Gasteiger partial charge is 0.289 e. The first-order valence-corrected chi connectivity index (χ1v) is 10.7. The number of rotatable bonds is 7. The fourth-order valence-corrected chi connectivity index (χ4v) is 4.27. The molecule has 0 spiro atoms. The van der Waals surface area contributed by atoms with Gasteiger partial charge >= 0.3 is 0 Å². The van der Waals surface area contributed by atoms with Gasteiger partial charge in [-0.25, -0.2) is 9.67 Å². The minimum absolute atomic E-state index is 0.272. The first kappa shape index (κ1) is 20.4. The van der Waals surface area contributed by atoms with Crippen LogP contribution in [0, 0.1) is 0 Å². The number of H-pyrrole nitrogens is 1. The van der Waals surface area contributed by atoms with Crippen LogP contribution in [0.4, 0.5) is 8.78 Å². The summed E-state index contributed by atoms with van der Waals surface area (Å²) < 4.78 is 32.2. The lowest BCUT2D eigenvalue weighted by Gasteiger charge is -2.10. The van der Waals surface area contributed by atoms with Crippen molar-refractivity contribution in [3.8, 4) is 11.4 Å². The van der Waals surface area contributed by atoms with Crippen molar-refractivity contribution >= 4 is 34.6 Å². The molecule has 0 aliphatic rings. The van der Waals surface area contributed by atoms with Gasteiger partial charge in [-0.1, -0.05) is 47.8 Å². The summed E-state index contributed by atoms with van der Waals surface area (Å²) in [5.74, 6) is -1.66. The second-order valence-electron chi connectivity index (χ2n) is 6.15. The number of fused-ring (bicyclic) bond motifs is 1. The second-order valence-corrected chi connectivity index (χ2v) is 8.15. The minimum Gasteiger partial charge on any atom is -0.496 e. The third kappa shape index (κ3) is 4.34. The van der Waals surface area contributed by atoms with Crippen LogP contribution in [-0.4, -0.2) is 32.6 Å². The molecule has 4 aromatic rings. The van der Waals surface area contributed by atoms with Crippen LogP contribution in [0.5, 0.6) is 5.75 Å². The average Bonchev–Trinajstić information content (AvgIpc) is 3.18. The summed E-state index contributed by atoms with van der Waals surface area (Å²) in [6.45, 7) is 0. The molecule has 2 aromatic heterocycles. The van der Waals surface area contributed by atoms with E-state index in [-0.39, 0.29) is 5.56 Å². The Bertz CT molecular complexity index is 1230. The normalized spacial score (nSPS) is 11.3. The van der Waals surface area contributed by atoms with Gasteiger partial charge in [0.2, 0.25) is 0 Å². The number of nitrogens with zero attached hydrogens (tertiary/aromatic N) is 3. The summed E-state index contributed by atoms with van der Waals surface area (Å²) in [5, 5.41) is 5.13. The Kier molecular flexibility index (Phi) is 6.05. The molecule has 0 bridgehead atoms. The molecule has 0 amide bonds. The van der Waals surface area contributed by atoms with Crippen molar-refractivity contribution in [1.82, 2.24) is 19.7 Å². The summed E-state index contributed by atoms with van der Waals surface area (Å²) in [5.41, 5.74) is 1.85. The van der Waals surface area contributed by atoms with E-state index >= 15 is 0 Å². The number of benzene rings is 2. The molecule has 0 saturated heterocycles. The zero-order chi connectivity index (χ0) is 21.1. The van der Waals surface area contributed by atoms with Crippen LogP contribution in [0.2, 0.25) is 0 Å². The molecule has 0 fully saturated rings. The first-order chi connectivity index (χ1) is 14.5. The van der Waals surface area contributed by atoms with Crippen LogP contribution in [0.15, 0.2) is 69.6 Å². The van der Waals surface area contributed by atoms with Gasteiger partial charge in [-0.05, 0) is 29.8 Å². The number of hydrogen-bond donors (Lipinski definition) is 1. The van der Waals surface area contributed by atoms with Crippen LogP contribution >= 0.6 is 23.5 Å². The molecule has 154 valence electrons. The highest BCUT2D eigenvalue weighted by Crippen LogP contribution is 2.35. The highest BCUT2D eigenvalue weighted by Gasteiger charge is 2.14.